The van der Waals surface area contributed by atoms with E-state index >= 15 is 0 Å². The lowest BCUT2D eigenvalue weighted by atomic mass is 9.98. The number of phenols is 1. The first-order valence-electron chi connectivity index (χ1n) is 6.08. The molecule has 0 fully saturated rings. The van der Waals surface area contributed by atoms with Crippen molar-refractivity contribution >= 4 is 18.1 Å². The third-order valence-corrected chi connectivity index (χ3v) is 3.15. The van der Waals surface area contributed by atoms with Gasteiger partial charge in [0, 0.05) is 11.6 Å². The first-order chi connectivity index (χ1) is 9.40. The molecule has 0 aliphatic rings. The zero-order chi connectivity index (χ0) is 14.9. The number of hydrogen-bond donors (Lipinski definition) is 2. The van der Waals surface area contributed by atoms with Crippen LogP contribution in [-0.4, -0.2) is 21.3 Å². The monoisotopic (exact) mass is 273 g/mol. The van der Waals surface area contributed by atoms with Crippen LogP contribution < -0.4 is 0 Å². The van der Waals surface area contributed by atoms with Crippen LogP contribution in [0.4, 0.5) is 0 Å². The van der Waals surface area contributed by atoms with Gasteiger partial charge in [-0.2, -0.15) is 0 Å². The number of carboxylic acids is 1. The van der Waals surface area contributed by atoms with E-state index in [1.54, 1.807) is 32.1 Å². The van der Waals surface area contributed by atoms with Crippen molar-refractivity contribution in [3.05, 3.63) is 45.8 Å². The Kier molecular flexibility index (Phi) is 3.61. The van der Waals surface area contributed by atoms with Crippen molar-refractivity contribution in [2.24, 2.45) is 0 Å². The van der Waals surface area contributed by atoms with Crippen molar-refractivity contribution in [2.45, 2.75) is 20.8 Å². The Morgan fingerprint density at radius 2 is 1.90 bits per heavy atom. The highest BCUT2D eigenvalue weighted by molar-refractivity contribution is 5.92. The minimum atomic E-state index is -1.07. The molecular formula is C15H15NO4. The molecule has 20 heavy (non-hydrogen) atoms. The molecular weight excluding hydrogens is 258 g/mol. The number of aryl methyl sites for hydroxylation is 1. The van der Waals surface area contributed by atoms with Crippen LogP contribution in [0.2, 0.25) is 0 Å². The van der Waals surface area contributed by atoms with Crippen LogP contribution in [0.1, 0.15) is 38.5 Å². The van der Waals surface area contributed by atoms with Crippen molar-refractivity contribution in [3.8, 4) is 5.75 Å². The third kappa shape index (κ3) is 2.56. The predicted molar refractivity (Wildman–Crippen MR) is 74.7 cm³/mol. The fourth-order valence-electron chi connectivity index (χ4n) is 1.95. The molecule has 2 N–H and O–H groups in total. The molecule has 0 saturated heterocycles. The summed E-state index contributed by atoms with van der Waals surface area (Å²) in [6, 6.07) is 3.30. The highest BCUT2D eigenvalue weighted by Gasteiger charge is 2.15. The highest BCUT2D eigenvalue weighted by atomic mass is 16.5. The highest BCUT2D eigenvalue weighted by Crippen LogP contribution is 2.29. The van der Waals surface area contributed by atoms with Gasteiger partial charge in [0.05, 0.1) is 11.3 Å². The minimum Gasteiger partial charge on any atom is -0.507 e. The fourth-order valence-corrected chi connectivity index (χ4v) is 1.95. The second kappa shape index (κ2) is 5.21. The van der Waals surface area contributed by atoms with E-state index < -0.39 is 5.97 Å². The number of benzene rings is 1. The molecule has 0 spiro atoms. The molecule has 104 valence electrons. The standard InChI is InChI=1S/C15H15NO4/c1-8-6-12(20-16-8)5-4-11-7-13(15(18)19)10(3)14(17)9(11)2/h4-7,17H,1-3H3,(H,18,19)/b5-4+. The maximum atomic E-state index is 11.2. The van der Waals surface area contributed by atoms with Crippen molar-refractivity contribution in [2.75, 3.05) is 0 Å². The average Bonchev–Trinajstić information content (AvgIpc) is 2.80. The normalized spacial score (nSPS) is 11.2. The zero-order valence-corrected chi connectivity index (χ0v) is 11.5. The Bertz CT molecular complexity index is 698. The summed E-state index contributed by atoms with van der Waals surface area (Å²) >= 11 is 0. The van der Waals surface area contributed by atoms with Crippen LogP contribution >= 0.6 is 0 Å². The van der Waals surface area contributed by atoms with Gasteiger partial charge >= 0.3 is 5.97 Å². The Morgan fingerprint density at radius 3 is 2.45 bits per heavy atom. The number of aromatic nitrogens is 1. The molecule has 5 heteroatoms. The molecule has 5 nitrogen and oxygen atoms in total. The van der Waals surface area contributed by atoms with Crippen molar-refractivity contribution < 1.29 is 19.5 Å². The van der Waals surface area contributed by atoms with Crippen LogP contribution in [-0.2, 0) is 0 Å². The van der Waals surface area contributed by atoms with E-state index in [4.69, 9.17) is 9.63 Å². The Balaban J connectivity index is 2.46. The van der Waals surface area contributed by atoms with Crippen molar-refractivity contribution in [3.63, 3.8) is 0 Å². The van der Waals surface area contributed by atoms with E-state index in [0.717, 1.165) is 5.69 Å². The summed E-state index contributed by atoms with van der Waals surface area (Å²) in [6.07, 6.45) is 3.38. The molecule has 2 aromatic rings. The van der Waals surface area contributed by atoms with E-state index in [9.17, 15) is 9.90 Å². The lowest BCUT2D eigenvalue weighted by molar-refractivity contribution is 0.0695. The molecule has 1 aromatic carbocycles. The molecule has 0 amide bonds. The molecule has 1 heterocycles. The molecule has 2 rings (SSSR count). The third-order valence-electron chi connectivity index (χ3n) is 3.15. The molecule has 0 radical (unpaired) electrons. The van der Waals surface area contributed by atoms with Gasteiger partial charge in [0.15, 0.2) is 5.76 Å². The summed E-state index contributed by atoms with van der Waals surface area (Å²) in [5, 5.41) is 22.9. The van der Waals surface area contributed by atoms with E-state index in [-0.39, 0.29) is 11.3 Å². The number of aromatic hydroxyl groups is 1. The second-order valence-electron chi connectivity index (χ2n) is 4.62. The van der Waals surface area contributed by atoms with Crippen molar-refractivity contribution in [1.29, 1.82) is 0 Å². The quantitative estimate of drug-likeness (QED) is 0.897. The van der Waals surface area contributed by atoms with E-state index in [1.807, 2.05) is 6.92 Å². The van der Waals surface area contributed by atoms with Crippen LogP contribution in [0, 0.1) is 20.8 Å². The number of phenolic OH excluding ortho intramolecular Hbond substituents is 1. The largest absolute Gasteiger partial charge is 0.507 e. The molecule has 1 aromatic heterocycles. The van der Waals surface area contributed by atoms with Gasteiger partial charge in [0.2, 0.25) is 0 Å². The average molecular weight is 273 g/mol. The van der Waals surface area contributed by atoms with Crippen LogP contribution in [0.25, 0.3) is 12.2 Å². The summed E-state index contributed by atoms with van der Waals surface area (Å²) in [6.45, 7) is 5.13. The fraction of sp³-hybridized carbons (Fsp3) is 0.200. The topological polar surface area (TPSA) is 83.6 Å². The lowest BCUT2D eigenvalue weighted by Gasteiger charge is -2.10. The van der Waals surface area contributed by atoms with Gasteiger partial charge in [-0.15, -0.1) is 0 Å². The summed E-state index contributed by atoms with van der Waals surface area (Å²) < 4.78 is 5.04. The van der Waals surface area contributed by atoms with Crippen LogP contribution in [0.3, 0.4) is 0 Å². The number of nitrogens with zero attached hydrogens (tertiary/aromatic N) is 1. The van der Waals surface area contributed by atoms with E-state index in [0.29, 0.717) is 22.5 Å². The first kappa shape index (κ1) is 13.9. The van der Waals surface area contributed by atoms with E-state index in [2.05, 4.69) is 5.16 Å². The second-order valence-corrected chi connectivity index (χ2v) is 4.62. The Labute approximate surface area is 116 Å². The lowest BCUT2D eigenvalue weighted by Crippen LogP contribution is -2.02. The molecule has 0 saturated carbocycles. The predicted octanol–water partition coefficient (Wildman–Crippen LogP) is 3.17. The SMILES string of the molecule is Cc1cc(/C=C/c2cc(C(=O)O)c(C)c(O)c2C)on1. The summed E-state index contributed by atoms with van der Waals surface area (Å²) in [4.78, 5) is 11.2. The maximum Gasteiger partial charge on any atom is 0.336 e. The van der Waals surface area contributed by atoms with Gasteiger partial charge < -0.3 is 14.7 Å². The summed E-state index contributed by atoms with van der Waals surface area (Å²) in [7, 11) is 0. The molecule has 0 bridgehead atoms. The maximum absolute atomic E-state index is 11.2. The van der Waals surface area contributed by atoms with Crippen LogP contribution in [0.5, 0.6) is 5.75 Å². The zero-order valence-electron chi connectivity index (χ0n) is 11.5. The molecule has 0 aliphatic heterocycles. The summed E-state index contributed by atoms with van der Waals surface area (Å²) in [5.41, 5.74) is 2.46. The van der Waals surface area contributed by atoms with Gasteiger partial charge in [0.1, 0.15) is 5.75 Å². The number of aromatic carboxylic acids is 1. The summed E-state index contributed by atoms with van der Waals surface area (Å²) in [5.74, 6) is -0.500. The van der Waals surface area contributed by atoms with Gasteiger partial charge in [-0.25, -0.2) is 4.79 Å². The van der Waals surface area contributed by atoms with Gasteiger partial charge in [-0.1, -0.05) is 11.2 Å². The first-order valence-corrected chi connectivity index (χ1v) is 6.08. The Morgan fingerprint density at radius 1 is 1.20 bits per heavy atom. The number of rotatable bonds is 3. The van der Waals surface area contributed by atoms with Crippen LogP contribution in [0.15, 0.2) is 16.7 Å². The Hall–Kier alpha value is -2.56. The van der Waals surface area contributed by atoms with Gasteiger partial charge in [-0.3, -0.25) is 0 Å². The molecule has 0 unspecified atom stereocenters. The molecule has 0 atom stereocenters. The number of carboxylic acid groups (broad SMARTS) is 1. The molecule has 0 aliphatic carbocycles. The van der Waals surface area contributed by atoms with E-state index in [1.165, 1.54) is 6.07 Å². The smallest absolute Gasteiger partial charge is 0.336 e. The van der Waals surface area contributed by atoms with Crippen molar-refractivity contribution in [1.82, 2.24) is 5.16 Å². The minimum absolute atomic E-state index is 0.00157. The van der Waals surface area contributed by atoms with Gasteiger partial charge in [0.25, 0.3) is 0 Å². The van der Waals surface area contributed by atoms with Gasteiger partial charge in [-0.05, 0) is 44.0 Å². The number of hydrogen-bond acceptors (Lipinski definition) is 4. The number of carbonyl (C=O) groups is 1.